The first-order chi connectivity index (χ1) is 6.40. The van der Waals surface area contributed by atoms with Gasteiger partial charge in [-0.1, -0.05) is 5.10 Å². The molecule has 0 bridgehead atoms. The van der Waals surface area contributed by atoms with Gasteiger partial charge in [-0.25, -0.2) is 0 Å². The zero-order valence-electron chi connectivity index (χ0n) is 7.79. The minimum atomic E-state index is 0.640. The van der Waals surface area contributed by atoms with E-state index < -0.39 is 0 Å². The van der Waals surface area contributed by atoms with Crippen LogP contribution in [-0.2, 0) is 6.54 Å². The molecule has 5 heteroatoms. The van der Waals surface area contributed by atoms with Gasteiger partial charge < -0.3 is 14.6 Å². The van der Waals surface area contributed by atoms with Crippen molar-refractivity contribution in [1.82, 2.24) is 15.5 Å². The largest absolute Gasteiger partial charge is 0.407 e. The molecule has 13 heavy (non-hydrogen) atoms. The van der Waals surface area contributed by atoms with Crippen molar-refractivity contribution < 1.29 is 4.42 Å². The van der Waals surface area contributed by atoms with E-state index >= 15 is 0 Å². The zero-order valence-corrected chi connectivity index (χ0v) is 7.79. The van der Waals surface area contributed by atoms with E-state index in [1.165, 1.54) is 12.8 Å². The average Bonchev–Trinajstić information content (AvgIpc) is 2.70. The Morgan fingerprint density at radius 2 is 2.15 bits per heavy atom. The lowest BCUT2D eigenvalue weighted by Crippen LogP contribution is -2.17. The van der Waals surface area contributed by atoms with E-state index in [-0.39, 0.29) is 0 Å². The van der Waals surface area contributed by atoms with Gasteiger partial charge in [0.25, 0.3) is 0 Å². The third-order valence-corrected chi connectivity index (χ3v) is 2.16. The summed E-state index contributed by atoms with van der Waals surface area (Å²) in [5.74, 6) is 0.657. The summed E-state index contributed by atoms with van der Waals surface area (Å²) in [4.78, 5) is 2.13. The van der Waals surface area contributed by atoms with Crippen molar-refractivity contribution >= 4 is 6.01 Å². The summed E-state index contributed by atoms with van der Waals surface area (Å²) in [5, 5.41) is 10.9. The Kier molecular flexibility index (Phi) is 2.44. The molecule has 0 saturated carbocycles. The molecule has 72 valence electrons. The van der Waals surface area contributed by atoms with Gasteiger partial charge in [0.05, 0.1) is 6.54 Å². The number of hydrogen-bond donors (Lipinski definition) is 1. The number of rotatable bonds is 3. The fourth-order valence-electron chi connectivity index (χ4n) is 1.50. The monoisotopic (exact) mass is 182 g/mol. The van der Waals surface area contributed by atoms with Crippen LogP contribution in [0.25, 0.3) is 0 Å². The molecular formula is C8H14N4O. The Morgan fingerprint density at radius 3 is 2.85 bits per heavy atom. The molecule has 0 aromatic carbocycles. The van der Waals surface area contributed by atoms with Crippen LogP contribution in [0.2, 0.25) is 0 Å². The maximum atomic E-state index is 5.45. The van der Waals surface area contributed by atoms with Crippen LogP contribution < -0.4 is 10.2 Å². The molecule has 1 aromatic heterocycles. The molecule has 1 fully saturated rings. The molecular weight excluding hydrogens is 168 g/mol. The normalized spacial score (nSPS) is 16.8. The van der Waals surface area contributed by atoms with Gasteiger partial charge in [0.2, 0.25) is 5.89 Å². The number of nitrogens with zero attached hydrogens (tertiary/aromatic N) is 3. The van der Waals surface area contributed by atoms with Crippen molar-refractivity contribution in [3.8, 4) is 0 Å². The van der Waals surface area contributed by atoms with E-state index in [9.17, 15) is 0 Å². The van der Waals surface area contributed by atoms with Crippen molar-refractivity contribution in [2.24, 2.45) is 0 Å². The Labute approximate surface area is 77.1 Å². The summed E-state index contributed by atoms with van der Waals surface area (Å²) in [5.41, 5.74) is 0. The topological polar surface area (TPSA) is 54.2 Å². The highest BCUT2D eigenvalue weighted by molar-refractivity contribution is 5.25. The Bertz CT molecular complexity index is 267. The standard InChI is InChI=1S/C8H14N4O/c1-9-6-7-10-11-8(13-7)12-4-2-3-5-12/h9H,2-6H2,1H3. The predicted molar refractivity (Wildman–Crippen MR) is 48.5 cm³/mol. The van der Waals surface area contributed by atoms with Crippen LogP contribution in [0.3, 0.4) is 0 Å². The molecule has 0 spiro atoms. The SMILES string of the molecule is CNCc1nnc(N2CCCC2)o1. The van der Waals surface area contributed by atoms with Crippen molar-refractivity contribution in [2.75, 3.05) is 25.0 Å². The molecule has 1 aromatic rings. The lowest BCUT2D eigenvalue weighted by atomic mass is 10.4. The fraction of sp³-hybridized carbons (Fsp3) is 0.750. The minimum absolute atomic E-state index is 0.640. The molecule has 0 unspecified atom stereocenters. The van der Waals surface area contributed by atoms with Crippen molar-refractivity contribution in [3.63, 3.8) is 0 Å². The van der Waals surface area contributed by atoms with Gasteiger partial charge in [-0.15, -0.1) is 5.10 Å². The van der Waals surface area contributed by atoms with E-state index in [2.05, 4.69) is 20.4 Å². The Hall–Kier alpha value is -1.10. The molecule has 5 nitrogen and oxygen atoms in total. The maximum absolute atomic E-state index is 5.45. The Balaban J connectivity index is 2.03. The predicted octanol–water partition coefficient (Wildman–Crippen LogP) is 0.389. The first-order valence-corrected chi connectivity index (χ1v) is 4.62. The Morgan fingerprint density at radius 1 is 1.38 bits per heavy atom. The maximum Gasteiger partial charge on any atom is 0.318 e. The zero-order chi connectivity index (χ0) is 9.10. The van der Waals surface area contributed by atoms with Crippen LogP contribution >= 0.6 is 0 Å². The fourth-order valence-corrected chi connectivity index (χ4v) is 1.50. The molecule has 0 aliphatic carbocycles. The summed E-state index contributed by atoms with van der Waals surface area (Å²) in [6, 6.07) is 0.669. The van der Waals surface area contributed by atoms with Crippen LogP contribution in [-0.4, -0.2) is 30.3 Å². The summed E-state index contributed by atoms with van der Waals surface area (Å²) >= 11 is 0. The highest BCUT2D eigenvalue weighted by atomic mass is 16.4. The van der Waals surface area contributed by atoms with Crippen LogP contribution in [0.4, 0.5) is 6.01 Å². The van der Waals surface area contributed by atoms with Crippen molar-refractivity contribution in [1.29, 1.82) is 0 Å². The quantitative estimate of drug-likeness (QED) is 0.732. The van der Waals surface area contributed by atoms with E-state index in [1.807, 2.05) is 7.05 Å². The molecule has 0 atom stereocenters. The smallest absolute Gasteiger partial charge is 0.318 e. The second-order valence-electron chi connectivity index (χ2n) is 3.20. The number of aromatic nitrogens is 2. The molecule has 0 amide bonds. The van der Waals surface area contributed by atoms with Gasteiger partial charge in [-0.3, -0.25) is 0 Å². The van der Waals surface area contributed by atoms with Gasteiger partial charge >= 0.3 is 6.01 Å². The van der Waals surface area contributed by atoms with Crippen molar-refractivity contribution in [2.45, 2.75) is 19.4 Å². The lowest BCUT2D eigenvalue weighted by molar-refractivity contribution is 0.477. The van der Waals surface area contributed by atoms with Gasteiger partial charge in [0.1, 0.15) is 0 Å². The van der Waals surface area contributed by atoms with Crippen LogP contribution in [0.15, 0.2) is 4.42 Å². The van der Waals surface area contributed by atoms with E-state index in [1.54, 1.807) is 0 Å². The molecule has 2 rings (SSSR count). The number of nitrogens with one attached hydrogen (secondary N) is 1. The highest BCUT2D eigenvalue weighted by Crippen LogP contribution is 2.17. The molecule has 1 aliphatic heterocycles. The molecule has 1 N–H and O–H groups in total. The molecule has 0 radical (unpaired) electrons. The third kappa shape index (κ3) is 1.80. The molecule has 1 aliphatic rings. The van der Waals surface area contributed by atoms with Gasteiger partial charge in [-0.2, -0.15) is 0 Å². The van der Waals surface area contributed by atoms with Crippen LogP contribution in [0.5, 0.6) is 0 Å². The van der Waals surface area contributed by atoms with Crippen LogP contribution in [0, 0.1) is 0 Å². The summed E-state index contributed by atoms with van der Waals surface area (Å²) in [6.07, 6.45) is 2.45. The van der Waals surface area contributed by atoms with Crippen LogP contribution in [0.1, 0.15) is 18.7 Å². The highest BCUT2D eigenvalue weighted by Gasteiger charge is 2.17. The third-order valence-electron chi connectivity index (χ3n) is 2.16. The number of hydrogen-bond acceptors (Lipinski definition) is 5. The van der Waals surface area contributed by atoms with Gasteiger partial charge in [-0.05, 0) is 19.9 Å². The van der Waals surface area contributed by atoms with Gasteiger partial charge in [0.15, 0.2) is 0 Å². The second-order valence-corrected chi connectivity index (χ2v) is 3.20. The summed E-state index contributed by atoms with van der Waals surface area (Å²) in [6.45, 7) is 2.73. The molecule has 2 heterocycles. The van der Waals surface area contributed by atoms with E-state index in [0.29, 0.717) is 18.5 Å². The number of anilines is 1. The second kappa shape index (κ2) is 3.74. The first kappa shape index (κ1) is 8.50. The first-order valence-electron chi connectivity index (χ1n) is 4.62. The van der Waals surface area contributed by atoms with E-state index in [4.69, 9.17) is 4.42 Å². The summed E-state index contributed by atoms with van der Waals surface area (Å²) < 4.78 is 5.45. The van der Waals surface area contributed by atoms with Gasteiger partial charge in [0, 0.05) is 13.1 Å². The minimum Gasteiger partial charge on any atom is -0.407 e. The summed E-state index contributed by atoms with van der Waals surface area (Å²) in [7, 11) is 1.86. The van der Waals surface area contributed by atoms with Crippen molar-refractivity contribution in [3.05, 3.63) is 5.89 Å². The van der Waals surface area contributed by atoms with E-state index in [0.717, 1.165) is 13.1 Å². The average molecular weight is 182 g/mol. The lowest BCUT2D eigenvalue weighted by Gasteiger charge is -2.09. The molecule has 1 saturated heterocycles.